The fourth-order valence-electron chi connectivity index (χ4n) is 4.92. The number of ether oxygens (including phenoxy) is 3. The molecule has 0 aromatic heterocycles. The van der Waals surface area contributed by atoms with Crippen LogP contribution in [0.15, 0.2) is 18.2 Å². The molecule has 0 spiro atoms. The SMILES string of the molecule is C=C1[C@@H](C)CC[C@]2(C)c3c(C=O)cc(C(C)C)c(OC(C)=O)c3O[C@@H](OC(C)=O)[C@H]12. The van der Waals surface area contributed by atoms with Crippen molar-refractivity contribution in [3.63, 3.8) is 0 Å². The van der Waals surface area contributed by atoms with Crippen LogP contribution in [0.4, 0.5) is 0 Å². The summed E-state index contributed by atoms with van der Waals surface area (Å²) in [5.41, 5.74) is 2.26. The molecule has 2 aliphatic rings. The molecular formula is C24H30O6. The van der Waals surface area contributed by atoms with E-state index in [9.17, 15) is 14.4 Å². The Kier molecular flexibility index (Phi) is 5.81. The standard InChI is InChI=1S/C24H30O6/c1-12(2)18-10-17(11-25)20-22(21(18)28-15(5)26)30-23(29-16(6)27)19-14(4)13(3)8-9-24(19,20)7/h10-13,19,23H,4,8-9H2,1-3,5-7H3/t13-,19-,23+,24-/m0/s1. The van der Waals surface area contributed by atoms with Gasteiger partial charge in [0.25, 0.3) is 6.29 Å². The fraction of sp³-hybridized carbons (Fsp3) is 0.542. The molecule has 1 aliphatic heterocycles. The van der Waals surface area contributed by atoms with Gasteiger partial charge in [0.2, 0.25) is 0 Å². The first kappa shape index (κ1) is 22.1. The molecule has 4 atom stereocenters. The summed E-state index contributed by atoms with van der Waals surface area (Å²) in [5, 5.41) is 0. The molecule has 0 radical (unpaired) electrons. The van der Waals surface area contributed by atoms with E-state index in [4.69, 9.17) is 14.2 Å². The highest BCUT2D eigenvalue weighted by molar-refractivity contribution is 5.84. The summed E-state index contributed by atoms with van der Waals surface area (Å²) >= 11 is 0. The first-order valence-corrected chi connectivity index (χ1v) is 10.4. The molecule has 1 aliphatic carbocycles. The van der Waals surface area contributed by atoms with Crippen molar-refractivity contribution in [2.24, 2.45) is 11.8 Å². The zero-order chi connectivity index (χ0) is 22.4. The second-order valence-corrected chi connectivity index (χ2v) is 8.96. The smallest absolute Gasteiger partial charge is 0.308 e. The first-order valence-electron chi connectivity index (χ1n) is 10.4. The van der Waals surface area contributed by atoms with E-state index in [0.29, 0.717) is 28.2 Å². The maximum Gasteiger partial charge on any atom is 0.308 e. The molecular weight excluding hydrogens is 384 g/mol. The largest absolute Gasteiger partial charge is 0.450 e. The lowest BCUT2D eigenvalue weighted by molar-refractivity contribution is -0.176. The Morgan fingerprint density at radius 2 is 1.97 bits per heavy atom. The van der Waals surface area contributed by atoms with E-state index in [1.807, 2.05) is 20.8 Å². The maximum atomic E-state index is 12.1. The molecule has 30 heavy (non-hydrogen) atoms. The van der Waals surface area contributed by atoms with Gasteiger partial charge in [-0.25, -0.2) is 0 Å². The molecule has 1 aromatic carbocycles. The number of fused-ring (bicyclic) bond motifs is 3. The number of carbonyl (C=O) groups excluding carboxylic acids is 3. The minimum Gasteiger partial charge on any atom is -0.450 e. The number of rotatable bonds is 4. The van der Waals surface area contributed by atoms with E-state index >= 15 is 0 Å². The zero-order valence-corrected chi connectivity index (χ0v) is 18.5. The monoisotopic (exact) mass is 414 g/mol. The molecule has 0 saturated heterocycles. The lowest BCUT2D eigenvalue weighted by atomic mass is 9.57. The lowest BCUT2D eigenvalue weighted by Gasteiger charge is -2.52. The summed E-state index contributed by atoms with van der Waals surface area (Å²) in [4.78, 5) is 35.9. The highest BCUT2D eigenvalue weighted by atomic mass is 16.7. The zero-order valence-electron chi connectivity index (χ0n) is 18.5. The highest BCUT2D eigenvalue weighted by Gasteiger charge is 2.55. The van der Waals surface area contributed by atoms with Crippen LogP contribution in [0.1, 0.15) is 81.8 Å². The van der Waals surface area contributed by atoms with Crippen molar-refractivity contribution in [3.05, 3.63) is 34.9 Å². The number of esters is 2. The number of benzene rings is 1. The fourth-order valence-corrected chi connectivity index (χ4v) is 4.92. The highest BCUT2D eigenvalue weighted by Crippen LogP contribution is 2.59. The van der Waals surface area contributed by atoms with Crippen LogP contribution in [-0.2, 0) is 19.7 Å². The maximum absolute atomic E-state index is 12.1. The third kappa shape index (κ3) is 3.53. The molecule has 0 amide bonds. The van der Waals surface area contributed by atoms with Gasteiger partial charge >= 0.3 is 11.9 Å². The Balaban J connectivity index is 2.35. The Hall–Kier alpha value is -2.63. The van der Waals surface area contributed by atoms with Gasteiger partial charge in [0.15, 0.2) is 17.8 Å². The van der Waals surface area contributed by atoms with Crippen LogP contribution in [0, 0.1) is 11.8 Å². The van der Waals surface area contributed by atoms with E-state index < -0.39 is 23.6 Å². The van der Waals surface area contributed by atoms with Crippen LogP contribution in [-0.4, -0.2) is 24.5 Å². The Labute approximate surface area is 177 Å². The second kappa shape index (κ2) is 7.89. The van der Waals surface area contributed by atoms with Crippen molar-refractivity contribution < 1.29 is 28.6 Å². The number of aldehydes is 1. The average molecular weight is 414 g/mol. The molecule has 0 bridgehead atoms. The second-order valence-electron chi connectivity index (χ2n) is 8.96. The van der Waals surface area contributed by atoms with Crippen LogP contribution in [0.25, 0.3) is 0 Å². The van der Waals surface area contributed by atoms with Crippen molar-refractivity contribution in [2.45, 2.75) is 72.0 Å². The van der Waals surface area contributed by atoms with Gasteiger partial charge in [-0.3, -0.25) is 14.4 Å². The third-order valence-corrected chi connectivity index (χ3v) is 6.46. The van der Waals surface area contributed by atoms with Crippen LogP contribution < -0.4 is 9.47 Å². The molecule has 0 N–H and O–H groups in total. The average Bonchev–Trinajstić information content (AvgIpc) is 2.64. The predicted molar refractivity (Wildman–Crippen MR) is 112 cm³/mol. The van der Waals surface area contributed by atoms with Gasteiger partial charge in [-0.15, -0.1) is 0 Å². The van der Waals surface area contributed by atoms with Crippen LogP contribution >= 0.6 is 0 Å². The number of hydrogen-bond donors (Lipinski definition) is 0. The summed E-state index contributed by atoms with van der Waals surface area (Å²) in [6.07, 6.45) is 1.55. The van der Waals surface area contributed by atoms with E-state index in [1.165, 1.54) is 13.8 Å². The molecule has 6 heteroatoms. The van der Waals surface area contributed by atoms with Crippen molar-refractivity contribution in [1.29, 1.82) is 0 Å². The number of hydrogen-bond acceptors (Lipinski definition) is 6. The van der Waals surface area contributed by atoms with Gasteiger partial charge in [0.05, 0.1) is 5.92 Å². The summed E-state index contributed by atoms with van der Waals surface area (Å²) in [6.45, 7) is 15.0. The minimum atomic E-state index is -0.911. The summed E-state index contributed by atoms with van der Waals surface area (Å²) in [7, 11) is 0. The summed E-state index contributed by atoms with van der Waals surface area (Å²) < 4.78 is 17.4. The molecule has 1 heterocycles. The Bertz CT molecular complexity index is 915. The molecule has 0 unspecified atom stereocenters. The van der Waals surface area contributed by atoms with Gasteiger partial charge in [-0.05, 0) is 30.7 Å². The summed E-state index contributed by atoms with van der Waals surface area (Å²) in [5.74, 6) is -0.461. The van der Waals surface area contributed by atoms with Gasteiger partial charge in [0.1, 0.15) is 0 Å². The molecule has 1 fully saturated rings. The van der Waals surface area contributed by atoms with Gasteiger partial charge in [-0.2, -0.15) is 0 Å². The topological polar surface area (TPSA) is 78.9 Å². The van der Waals surface area contributed by atoms with Crippen LogP contribution in [0.5, 0.6) is 11.5 Å². The minimum absolute atomic E-state index is 0.0222. The quantitative estimate of drug-likeness (QED) is 0.308. The van der Waals surface area contributed by atoms with Crippen molar-refractivity contribution in [3.8, 4) is 11.5 Å². The van der Waals surface area contributed by atoms with E-state index in [-0.39, 0.29) is 17.8 Å². The lowest BCUT2D eigenvalue weighted by Crippen LogP contribution is -2.52. The molecule has 6 nitrogen and oxygen atoms in total. The normalized spacial score (nSPS) is 27.6. The van der Waals surface area contributed by atoms with Gasteiger partial charge in [-0.1, -0.05) is 39.8 Å². The van der Waals surface area contributed by atoms with Gasteiger partial charge < -0.3 is 14.2 Å². The first-order chi connectivity index (χ1) is 14.0. The van der Waals surface area contributed by atoms with E-state index in [0.717, 1.165) is 24.7 Å². The van der Waals surface area contributed by atoms with Crippen molar-refractivity contribution in [2.75, 3.05) is 0 Å². The van der Waals surface area contributed by atoms with E-state index in [2.05, 4.69) is 13.5 Å². The number of carbonyl (C=O) groups is 3. The Morgan fingerprint density at radius 1 is 1.30 bits per heavy atom. The molecule has 3 rings (SSSR count). The van der Waals surface area contributed by atoms with Gasteiger partial charge in [0, 0.05) is 36.0 Å². The summed E-state index contributed by atoms with van der Waals surface area (Å²) in [6, 6.07) is 1.79. The van der Waals surface area contributed by atoms with Crippen molar-refractivity contribution in [1.82, 2.24) is 0 Å². The third-order valence-electron chi connectivity index (χ3n) is 6.46. The molecule has 1 aromatic rings. The predicted octanol–water partition coefficient (Wildman–Crippen LogP) is 4.69. The van der Waals surface area contributed by atoms with Crippen LogP contribution in [0.2, 0.25) is 0 Å². The van der Waals surface area contributed by atoms with Crippen LogP contribution in [0.3, 0.4) is 0 Å². The van der Waals surface area contributed by atoms with E-state index in [1.54, 1.807) is 6.07 Å². The molecule has 1 saturated carbocycles. The molecule has 162 valence electrons. The Morgan fingerprint density at radius 3 is 2.50 bits per heavy atom. The van der Waals surface area contributed by atoms with Crippen molar-refractivity contribution >= 4 is 18.2 Å².